The zero-order chi connectivity index (χ0) is 15.7. The van der Waals surface area contributed by atoms with Gasteiger partial charge in [-0.25, -0.2) is 0 Å². The molecule has 114 valence electrons. The molecule has 0 aliphatic carbocycles. The molecule has 0 aliphatic heterocycles. The van der Waals surface area contributed by atoms with Gasteiger partial charge in [-0.1, -0.05) is 12.1 Å². The number of carbonyl (C=O) groups excluding carboxylic acids is 1. The number of carbonyl (C=O) groups is 1. The molecule has 0 atom stereocenters. The fraction of sp³-hybridized carbons (Fsp3) is 0.357. The molecule has 6 nitrogen and oxygen atoms in total. The van der Waals surface area contributed by atoms with Crippen LogP contribution in [0.5, 0.6) is 5.75 Å². The minimum absolute atomic E-state index is 0.0780. The summed E-state index contributed by atoms with van der Waals surface area (Å²) < 4.78 is 5.09. The Hall–Kier alpha value is -2.15. The summed E-state index contributed by atoms with van der Waals surface area (Å²) in [5, 5.41) is 6.79. The maximum atomic E-state index is 11.7. The lowest BCUT2D eigenvalue weighted by molar-refractivity contribution is -0.119. The van der Waals surface area contributed by atoms with Gasteiger partial charge in [0, 0.05) is 12.3 Å². The highest BCUT2D eigenvalue weighted by atomic mass is 32.1. The van der Waals surface area contributed by atoms with Gasteiger partial charge in [0.25, 0.3) is 0 Å². The molecule has 0 aromatic heterocycles. The molecule has 1 aromatic carbocycles. The number of nitrogens with zero attached hydrogens (tertiary/aromatic N) is 1. The Bertz CT molecular complexity index is 514. The van der Waals surface area contributed by atoms with Crippen molar-refractivity contribution in [3.05, 3.63) is 29.8 Å². The number of hydrazone groups is 1. The zero-order valence-electron chi connectivity index (χ0n) is 12.2. The summed E-state index contributed by atoms with van der Waals surface area (Å²) in [4.78, 5) is 11.7. The third-order valence-corrected chi connectivity index (χ3v) is 2.76. The zero-order valence-corrected chi connectivity index (χ0v) is 13.0. The van der Waals surface area contributed by atoms with Crippen LogP contribution in [-0.2, 0) is 11.2 Å². The van der Waals surface area contributed by atoms with E-state index in [-0.39, 0.29) is 17.4 Å². The first kappa shape index (κ1) is 16.9. The molecule has 0 fully saturated rings. The van der Waals surface area contributed by atoms with E-state index < -0.39 is 0 Å². The fourth-order valence-electron chi connectivity index (χ4n) is 1.62. The minimum Gasteiger partial charge on any atom is -0.497 e. The predicted molar refractivity (Wildman–Crippen MR) is 87.4 cm³/mol. The van der Waals surface area contributed by atoms with E-state index in [1.54, 1.807) is 14.0 Å². The number of hydrogen-bond donors (Lipinski definition) is 3. The second kappa shape index (κ2) is 8.91. The van der Waals surface area contributed by atoms with Gasteiger partial charge in [-0.15, -0.1) is 0 Å². The highest BCUT2D eigenvalue weighted by Crippen LogP contribution is 2.11. The van der Waals surface area contributed by atoms with E-state index in [1.807, 2.05) is 24.3 Å². The molecule has 0 unspecified atom stereocenters. The van der Waals surface area contributed by atoms with Crippen molar-refractivity contribution in [2.75, 3.05) is 13.7 Å². The van der Waals surface area contributed by atoms with Crippen molar-refractivity contribution in [1.29, 1.82) is 0 Å². The van der Waals surface area contributed by atoms with Crippen molar-refractivity contribution in [2.45, 2.75) is 19.8 Å². The summed E-state index contributed by atoms with van der Waals surface area (Å²) in [5.74, 6) is 0.731. The Morgan fingerprint density at radius 1 is 1.38 bits per heavy atom. The highest BCUT2D eigenvalue weighted by Gasteiger charge is 2.03. The van der Waals surface area contributed by atoms with Gasteiger partial charge in [0.1, 0.15) is 5.75 Å². The summed E-state index contributed by atoms with van der Waals surface area (Å²) in [6.45, 7) is 2.30. The van der Waals surface area contributed by atoms with Crippen LogP contribution in [0.4, 0.5) is 0 Å². The summed E-state index contributed by atoms with van der Waals surface area (Å²) in [7, 11) is 1.63. The van der Waals surface area contributed by atoms with Gasteiger partial charge in [0.15, 0.2) is 5.11 Å². The van der Waals surface area contributed by atoms with Crippen LogP contribution in [0.15, 0.2) is 29.4 Å². The lowest BCUT2D eigenvalue weighted by Crippen LogP contribution is -2.29. The van der Waals surface area contributed by atoms with Crippen molar-refractivity contribution >= 4 is 28.9 Å². The van der Waals surface area contributed by atoms with Gasteiger partial charge in [0.05, 0.1) is 13.5 Å². The van der Waals surface area contributed by atoms with Crippen LogP contribution in [0.25, 0.3) is 0 Å². The minimum atomic E-state index is -0.0884. The van der Waals surface area contributed by atoms with Gasteiger partial charge in [-0.3, -0.25) is 10.2 Å². The largest absolute Gasteiger partial charge is 0.497 e. The monoisotopic (exact) mass is 308 g/mol. The van der Waals surface area contributed by atoms with Crippen LogP contribution in [0.2, 0.25) is 0 Å². The van der Waals surface area contributed by atoms with E-state index in [1.165, 1.54) is 0 Å². The molecule has 0 spiro atoms. The van der Waals surface area contributed by atoms with E-state index in [0.717, 1.165) is 17.7 Å². The van der Waals surface area contributed by atoms with Crippen LogP contribution in [0.1, 0.15) is 18.9 Å². The number of rotatable bonds is 7. The third-order valence-electron chi connectivity index (χ3n) is 2.67. The predicted octanol–water partition coefficient (Wildman–Crippen LogP) is 0.953. The average Bonchev–Trinajstić information content (AvgIpc) is 2.46. The van der Waals surface area contributed by atoms with Gasteiger partial charge < -0.3 is 15.8 Å². The molecule has 0 aliphatic rings. The topological polar surface area (TPSA) is 88.7 Å². The molecule has 0 bridgehead atoms. The maximum absolute atomic E-state index is 11.7. The Kier molecular flexibility index (Phi) is 7.17. The molecule has 1 aromatic rings. The van der Waals surface area contributed by atoms with Crippen LogP contribution >= 0.6 is 12.2 Å². The first-order valence-corrected chi connectivity index (χ1v) is 6.90. The summed E-state index contributed by atoms with van der Waals surface area (Å²) in [5.41, 5.74) is 9.44. The molecular weight excluding hydrogens is 288 g/mol. The summed E-state index contributed by atoms with van der Waals surface area (Å²) in [6.07, 6.45) is 0.968. The van der Waals surface area contributed by atoms with Gasteiger partial charge in [-0.05, 0) is 43.3 Å². The molecule has 1 rings (SSSR count). The SMILES string of the molecule is COc1ccc(CCNC(=O)C/C(C)=N\NC(N)=S)cc1. The van der Waals surface area contributed by atoms with E-state index in [9.17, 15) is 4.79 Å². The van der Waals surface area contributed by atoms with E-state index in [4.69, 9.17) is 10.5 Å². The van der Waals surface area contributed by atoms with Gasteiger partial charge >= 0.3 is 0 Å². The number of amides is 1. The lowest BCUT2D eigenvalue weighted by atomic mass is 10.1. The smallest absolute Gasteiger partial charge is 0.225 e. The van der Waals surface area contributed by atoms with Crippen molar-refractivity contribution < 1.29 is 9.53 Å². The number of thiocarbonyl (C=S) groups is 1. The van der Waals surface area contributed by atoms with Gasteiger partial charge in [-0.2, -0.15) is 5.10 Å². The molecule has 0 heterocycles. The number of ether oxygens (including phenoxy) is 1. The van der Waals surface area contributed by atoms with Crippen LogP contribution in [-0.4, -0.2) is 30.4 Å². The molecule has 0 saturated carbocycles. The van der Waals surface area contributed by atoms with Crippen LogP contribution < -0.4 is 21.2 Å². The van der Waals surface area contributed by atoms with E-state index in [2.05, 4.69) is 28.1 Å². The van der Waals surface area contributed by atoms with E-state index >= 15 is 0 Å². The highest BCUT2D eigenvalue weighted by molar-refractivity contribution is 7.80. The number of benzene rings is 1. The summed E-state index contributed by atoms with van der Waals surface area (Å²) >= 11 is 4.62. The quantitative estimate of drug-likeness (QED) is 0.396. The second-order valence-corrected chi connectivity index (χ2v) is 4.89. The van der Waals surface area contributed by atoms with Crippen molar-refractivity contribution in [2.24, 2.45) is 10.8 Å². The second-order valence-electron chi connectivity index (χ2n) is 4.45. The van der Waals surface area contributed by atoms with Crippen molar-refractivity contribution in [3.8, 4) is 5.75 Å². The molecule has 4 N–H and O–H groups in total. The van der Waals surface area contributed by atoms with Crippen LogP contribution in [0.3, 0.4) is 0 Å². The van der Waals surface area contributed by atoms with Crippen molar-refractivity contribution in [3.63, 3.8) is 0 Å². The normalized spacial score (nSPS) is 10.9. The Labute approximate surface area is 129 Å². The Morgan fingerprint density at radius 3 is 2.62 bits per heavy atom. The van der Waals surface area contributed by atoms with Crippen LogP contribution in [0, 0.1) is 0 Å². The summed E-state index contributed by atoms with van der Waals surface area (Å²) in [6, 6.07) is 7.75. The molecule has 0 saturated heterocycles. The Morgan fingerprint density at radius 2 is 2.05 bits per heavy atom. The first-order valence-electron chi connectivity index (χ1n) is 6.49. The number of hydrogen-bond acceptors (Lipinski definition) is 4. The standard InChI is InChI=1S/C14H20N4O2S/c1-10(17-18-14(15)21)9-13(19)16-8-7-11-3-5-12(20-2)6-4-11/h3-6H,7-9H2,1-2H3,(H,16,19)(H3,15,18,21)/b17-10-. The number of nitrogens with two attached hydrogens (primary N) is 1. The third kappa shape index (κ3) is 7.26. The van der Waals surface area contributed by atoms with Crippen molar-refractivity contribution in [1.82, 2.24) is 10.7 Å². The molecule has 21 heavy (non-hydrogen) atoms. The Balaban J connectivity index is 2.29. The van der Waals surface area contributed by atoms with E-state index in [0.29, 0.717) is 12.3 Å². The maximum Gasteiger partial charge on any atom is 0.225 e. The average molecular weight is 308 g/mol. The first-order chi connectivity index (χ1) is 10.0. The fourth-order valence-corrected chi connectivity index (χ4v) is 1.67. The molecular formula is C14H20N4O2S. The number of methoxy groups -OCH3 is 1. The number of nitrogens with one attached hydrogen (secondary N) is 2. The molecule has 0 radical (unpaired) electrons. The molecule has 7 heteroatoms. The molecule has 1 amide bonds. The van der Waals surface area contributed by atoms with Gasteiger partial charge in [0.2, 0.25) is 5.91 Å². The lowest BCUT2D eigenvalue weighted by Gasteiger charge is -2.06.